The van der Waals surface area contributed by atoms with E-state index in [1.54, 1.807) is 6.07 Å². The van der Waals surface area contributed by atoms with E-state index in [2.05, 4.69) is 5.92 Å². The Morgan fingerprint density at radius 2 is 1.78 bits per heavy atom. The zero-order valence-electron chi connectivity index (χ0n) is 12.9. The molecule has 0 bridgehead atoms. The fourth-order valence-corrected chi connectivity index (χ4v) is 3.65. The molecular formula is C21H18O2. The highest BCUT2D eigenvalue weighted by atomic mass is 16.3. The molecule has 114 valence electrons. The van der Waals surface area contributed by atoms with Gasteiger partial charge in [-0.05, 0) is 37.1 Å². The van der Waals surface area contributed by atoms with Crippen LogP contribution in [0.1, 0.15) is 37.4 Å². The third-order valence-corrected chi connectivity index (χ3v) is 5.00. The first-order valence-corrected chi connectivity index (χ1v) is 8.18. The van der Waals surface area contributed by atoms with E-state index in [1.807, 2.05) is 36.4 Å². The fourth-order valence-electron chi connectivity index (χ4n) is 3.65. The van der Waals surface area contributed by atoms with Crippen molar-refractivity contribution in [1.82, 2.24) is 0 Å². The van der Waals surface area contributed by atoms with Crippen molar-refractivity contribution in [3.63, 3.8) is 0 Å². The van der Waals surface area contributed by atoms with Crippen molar-refractivity contribution in [3.8, 4) is 12.3 Å². The zero-order valence-corrected chi connectivity index (χ0v) is 12.9. The van der Waals surface area contributed by atoms with Crippen molar-refractivity contribution in [2.75, 3.05) is 0 Å². The SMILES string of the molecule is C#CC1CCC(c2cc(=O)c3ccc4ccccc4c3o2)CC1. The Hall–Kier alpha value is -2.53. The maximum Gasteiger partial charge on any atom is 0.192 e. The summed E-state index contributed by atoms with van der Waals surface area (Å²) >= 11 is 0. The molecule has 0 atom stereocenters. The van der Waals surface area contributed by atoms with E-state index in [1.165, 1.54) is 0 Å². The summed E-state index contributed by atoms with van der Waals surface area (Å²) in [5.41, 5.74) is 0.760. The quantitative estimate of drug-likeness (QED) is 0.475. The van der Waals surface area contributed by atoms with Crippen LogP contribution in [0, 0.1) is 18.3 Å². The maximum atomic E-state index is 12.5. The molecule has 0 unspecified atom stereocenters. The molecule has 0 radical (unpaired) electrons. The van der Waals surface area contributed by atoms with E-state index < -0.39 is 0 Å². The summed E-state index contributed by atoms with van der Waals surface area (Å²) in [5, 5.41) is 2.75. The number of benzene rings is 2. The van der Waals surface area contributed by atoms with E-state index in [-0.39, 0.29) is 5.43 Å². The summed E-state index contributed by atoms with van der Waals surface area (Å²) in [7, 11) is 0. The van der Waals surface area contributed by atoms with Crippen molar-refractivity contribution in [2.24, 2.45) is 5.92 Å². The Bertz CT molecular complexity index is 966. The molecule has 1 aliphatic carbocycles. The van der Waals surface area contributed by atoms with Gasteiger partial charge in [0, 0.05) is 23.3 Å². The van der Waals surface area contributed by atoms with E-state index in [0.717, 1.165) is 42.2 Å². The minimum Gasteiger partial charge on any atom is -0.460 e. The molecule has 1 aliphatic rings. The van der Waals surface area contributed by atoms with Gasteiger partial charge in [-0.15, -0.1) is 12.3 Å². The largest absolute Gasteiger partial charge is 0.460 e. The molecule has 3 aromatic rings. The highest BCUT2D eigenvalue weighted by Gasteiger charge is 2.24. The molecule has 23 heavy (non-hydrogen) atoms. The molecule has 2 aromatic carbocycles. The standard InChI is InChI=1S/C21H18O2/c1-2-14-7-9-16(10-8-14)20-13-19(22)18-12-11-15-5-3-4-6-17(15)21(18)23-20/h1,3-6,11-14,16H,7-10H2. The van der Waals surface area contributed by atoms with Gasteiger partial charge >= 0.3 is 0 Å². The van der Waals surface area contributed by atoms with Crippen LogP contribution in [0.25, 0.3) is 21.7 Å². The van der Waals surface area contributed by atoms with Gasteiger partial charge in [-0.25, -0.2) is 0 Å². The predicted molar refractivity (Wildman–Crippen MR) is 93.5 cm³/mol. The fraction of sp³-hybridized carbons (Fsp3) is 0.286. The molecule has 0 N–H and O–H groups in total. The summed E-state index contributed by atoms with van der Waals surface area (Å²) in [4.78, 5) is 12.5. The number of rotatable bonds is 1. The molecule has 1 heterocycles. The van der Waals surface area contributed by atoms with E-state index >= 15 is 0 Å². The Balaban J connectivity index is 1.84. The lowest BCUT2D eigenvalue weighted by Crippen LogP contribution is -2.14. The molecule has 0 saturated heterocycles. The van der Waals surface area contributed by atoms with Gasteiger partial charge in [-0.2, -0.15) is 0 Å². The molecule has 0 aliphatic heterocycles. The van der Waals surface area contributed by atoms with Crippen molar-refractivity contribution >= 4 is 21.7 Å². The van der Waals surface area contributed by atoms with Gasteiger partial charge in [0.25, 0.3) is 0 Å². The Morgan fingerprint density at radius 3 is 2.57 bits per heavy atom. The van der Waals surface area contributed by atoms with Crippen molar-refractivity contribution in [3.05, 3.63) is 58.4 Å². The molecule has 1 saturated carbocycles. The van der Waals surface area contributed by atoms with Crippen LogP contribution in [0.2, 0.25) is 0 Å². The first-order chi connectivity index (χ1) is 11.3. The second-order valence-corrected chi connectivity index (χ2v) is 6.39. The normalized spacial score (nSPS) is 21.3. The van der Waals surface area contributed by atoms with Gasteiger partial charge < -0.3 is 4.42 Å². The highest BCUT2D eigenvalue weighted by molar-refractivity contribution is 6.03. The van der Waals surface area contributed by atoms with E-state index in [9.17, 15) is 4.79 Å². The lowest BCUT2D eigenvalue weighted by molar-refractivity contribution is 0.343. The van der Waals surface area contributed by atoms with Gasteiger partial charge in [-0.1, -0.05) is 30.3 Å². The van der Waals surface area contributed by atoms with Crippen LogP contribution >= 0.6 is 0 Å². The Kier molecular flexibility index (Phi) is 3.42. The van der Waals surface area contributed by atoms with Crippen molar-refractivity contribution < 1.29 is 4.42 Å². The summed E-state index contributed by atoms with van der Waals surface area (Å²) in [6.07, 6.45) is 9.54. The zero-order chi connectivity index (χ0) is 15.8. The maximum absolute atomic E-state index is 12.5. The number of hydrogen-bond donors (Lipinski definition) is 0. The molecule has 2 nitrogen and oxygen atoms in total. The predicted octanol–water partition coefficient (Wildman–Crippen LogP) is 4.85. The summed E-state index contributed by atoms with van der Waals surface area (Å²) in [5.74, 6) is 4.34. The monoisotopic (exact) mass is 302 g/mol. The lowest BCUT2D eigenvalue weighted by atomic mass is 9.81. The van der Waals surface area contributed by atoms with Crippen LogP contribution in [0.5, 0.6) is 0 Å². The number of terminal acetylenes is 1. The van der Waals surface area contributed by atoms with Gasteiger partial charge in [0.05, 0.1) is 5.39 Å². The van der Waals surface area contributed by atoms with E-state index in [0.29, 0.717) is 22.8 Å². The van der Waals surface area contributed by atoms with Crippen LogP contribution in [-0.4, -0.2) is 0 Å². The summed E-state index contributed by atoms with van der Waals surface area (Å²) in [6, 6.07) is 13.6. The Morgan fingerprint density at radius 1 is 1.00 bits per heavy atom. The molecule has 4 rings (SSSR count). The van der Waals surface area contributed by atoms with E-state index in [4.69, 9.17) is 10.8 Å². The number of hydrogen-bond acceptors (Lipinski definition) is 2. The molecule has 1 aromatic heterocycles. The second kappa shape index (κ2) is 5.59. The van der Waals surface area contributed by atoms with Gasteiger partial charge in [0.2, 0.25) is 0 Å². The molecule has 1 fully saturated rings. The average Bonchev–Trinajstić information content (AvgIpc) is 2.61. The third-order valence-electron chi connectivity index (χ3n) is 5.00. The van der Waals surface area contributed by atoms with Crippen LogP contribution in [-0.2, 0) is 0 Å². The Labute approximate surface area is 135 Å². The molecule has 0 spiro atoms. The van der Waals surface area contributed by atoms with Crippen LogP contribution in [0.3, 0.4) is 0 Å². The van der Waals surface area contributed by atoms with Crippen LogP contribution in [0.15, 0.2) is 51.7 Å². The molecular weight excluding hydrogens is 284 g/mol. The minimum absolute atomic E-state index is 0.0473. The average molecular weight is 302 g/mol. The van der Waals surface area contributed by atoms with Crippen LogP contribution < -0.4 is 5.43 Å². The van der Waals surface area contributed by atoms with Gasteiger partial charge in [0.15, 0.2) is 5.43 Å². The topological polar surface area (TPSA) is 30.2 Å². The summed E-state index contributed by atoms with van der Waals surface area (Å²) in [6.45, 7) is 0. The van der Waals surface area contributed by atoms with Crippen molar-refractivity contribution in [2.45, 2.75) is 31.6 Å². The summed E-state index contributed by atoms with van der Waals surface area (Å²) < 4.78 is 6.21. The minimum atomic E-state index is 0.0473. The first-order valence-electron chi connectivity index (χ1n) is 8.18. The van der Waals surface area contributed by atoms with Gasteiger partial charge in [-0.3, -0.25) is 4.79 Å². The molecule has 2 heteroatoms. The van der Waals surface area contributed by atoms with Crippen LogP contribution in [0.4, 0.5) is 0 Å². The smallest absolute Gasteiger partial charge is 0.192 e. The third kappa shape index (κ3) is 2.43. The first kappa shape index (κ1) is 14.1. The lowest BCUT2D eigenvalue weighted by Gasteiger charge is -2.24. The van der Waals surface area contributed by atoms with Crippen molar-refractivity contribution in [1.29, 1.82) is 0 Å². The molecule has 0 amide bonds. The second-order valence-electron chi connectivity index (χ2n) is 6.39. The number of fused-ring (bicyclic) bond motifs is 3. The highest BCUT2D eigenvalue weighted by Crippen LogP contribution is 2.36. The van der Waals surface area contributed by atoms with Gasteiger partial charge in [0.1, 0.15) is 11.3 Å².